The molecule has 0 spiro atoms. The van der Waals surface area contributed by atoms with E-state index in [1.807, 2.05) is 6.92 Å². The molecule has 4 nitrogen and oxygen atoms in total. The fourth-order valence-electron chi connectivity index (χ4n) is 1.60. The van der Waals surface area contributed by atoms with Gasteiger partial charge in [0.2, 0.25) is 0 Å². The molecule has 1 aliphatic heterocycles. The number of ether oxygens (including phenoxy) is 2. The molecule has 1 saturated heterocycles. The van der Waals surface area contributed by atoms with Crippen molar-refractivity contribution in [2.75, 3.05) is 6.61 Å². The van der Waals surface area contributed by atoms with E-state index in [1.165, 1.54) is 6.92 Å². The molecular formula is C10H16O4. The van der Waals surface area contributed by atoms with Crippen LogP contribution in [0.2, 0.25) is 0 Å². The average Bonchev–Trinajstić information content (AvgIpc) is 2.17. The number of esters is 2. The minimum absolute atomic E-state index is 0.133. The van der Waals surface area contributed by atoms with E-state index in [0.717, 1.165) is 6.42 Å². The maximum Gasteiger partial charge on any atom is 0.316 e. The van der Waals surface area contributed by atoms with Gasteiger partial charge in [-0.25, -0.2) is 0 Å². The van der Waals surface area contributed by atoms with Gasteiger partial charge in [-0.3, -0.25) is 9.59 Å². The Morgan fingerprint density at radius 3 is 2.79 bits per heavy atom. The van der Waals surface area contributed by atoms with Crippen molar-refractivity contribution in [1.29, 1.82) is 0 Å². The largest absolute Gasteiger partial charge is 0.393 e. The first-order valence-corrected chi connectivity index (χ1v) is 4.97. The monoisotopic (exact) mass is 200 g/mol. The average molecular weight is 200 g/mol. The lowest BCUT2D eigenvalue weighted by Gasteiger charge is -2.26. The van der Waals surface area contributed by atoms with Crippen molar-refractivity contribution in [2.45, 2.75) is 39.2 Å². The van der Waals surface area contributed by atoms with E-state index < -0.39 is 11.9 Å². The van der Waals surface area contributed by atoms with Gasteiger partial charge in [0.05, 0.1) is 12.0 Å². The van der Waals surface area contributed by atoms with Crippen LogP contribution in [0, 0.1) is 5.92 Å². The van der Waals surface area contributed by atoms with Gasteiger partial charge in [-0.15, -0.1) is 0 Å². The molecule has 0 aliphatic carbocycles. The fraction of sp³-hybridized carbons (Fsp3) is 0.800. The summed E-state index contributed by atoms with van der Waals surface area (Å²) >= 11 is 0. The van der Waals surface area contributed by atoms with Gasteiger partial charge in [0.15, 0.2) is 0 Å². The quantitative estimate of drug-likeness (QED) is 0.497. The van der Waals surface area contributed by atoms with Gasteiger partial charge in [-0.2, -0.15) is 0 Å². The van der Waals surface area contributed by atoms with Crippen LogP contribution in [0.4, 0.5) is 0 Å². The molecule has 1 rings (SSSR count). The Balaban J connectivity index is 2.43. The second-order valence-corrected chi connectivity index (χ2v) is 3.54. The van der Waals surface area contributed by atoms with E-state index in [1.54, 1.807) is 0 Å². The Kier molecular flexibility index (Phi) is 4.07. The van der Waals surface area contributed by atoms with E-state index in [0.29, 0.717) is 19.4 Å². The van der Waals surface area contributed by atoms with E-state index >= 15 is 0 Å². The third kappa shape index (κ3) is 3.10. The molecule has 80 valence electrons. The first kappa shape index (κ1) is 11.2. The molecule has 14 heavy (non-hydrogen) atoms. The first-order chi connectivity index (χ1) is 6.63. The maximum absolute atomic E-state index is 11.4. The van der Waals surface area contributed by atoms with E-state index in [9.17, 15) is 9.59 Å². The van der Waals surface area contributed by atoms with Crippen molar-refractivity contribution in [3.8, 4) is 0 Å². The van der Waals surface area contributed by atoms with E-state index in [-0.39, 0.29) is 12.0 Å². The lowest BCUT2D eigenvalue weighted by Crippen LogP contribution is -2.31. The highest BCUT2D eigenvalue weighted by atomic mass is 16.6. The van der Waals surface area contributed by atoms with Gasteiger partial charge in [0.1, 0.15) is 0 Å². The maximum atomic E-state index is 11.4. The zero-order chi connectivity index (χ0) is 10.6. The lowest BCUT2D eigenvalue weighted by molar-refractivity contribution is -0.164. The van der Waals surface area contributed by atoms with Crippen LogP contribution in [-0.2, 0) is 19.1 Å². The topological polar surface area (TPSA) is 52.6 Å². The van der Waals surface area contributed by atoms with Crippen molar-refractivity contribution in [1.82, 2.24) is 0 Å². The van der Waals surface area contributed by atoms with Crippen LogP contribution in [0.5, 0.6) is 0 Å². The highest BCUT2D eigenvalue weighted by Gasteiger charge is 2.28. The number of rotatable bonds is 2. The highest BCUT2D eigenvalue weighted by Crippen LogP contribution is 2.23. The van der Waals surface area contributed by atoms with E-state index in [4.69, 9.17) is 4.74 Å². The molecule has 0 aromatic heterocycles. The van der Waals surface area contributed by atoms with Crippen LogP contribution in [0.15, 0.2) is 0 Å². The summed E-state index contributed by atoms with van der Waals surface area (Å²) in [6, 6.07) is 0. The molecule has 0 aromatic carbocycles. The summed E-state index contributed by atoms with van der Waals surface area (Å²) in [6.07, 6.45) is 2.35. The standard InChI is InChI=1S/C10H16O4/c1-3-9-6-8(4-5-13-9)10(12)14-7(2)11/h8-9H,3-6H2,1-2H3. The van der Waals surface area contributed by atoms with Crippen LogP contribution in [0.1, 0.15) is 33.1 Å². The SMILES string of the molecule is CCC1CC(C(=O)OC(C)=O)CCO1. The van der Waals surface area contributed by atoms with Gasteiger partial charge < -0.3 is 9.47 Å². The van der Waals surface area contributed by atoms with Gasteiger partial charge >= 0.3 is 11.9 Å². The van der Waals surface area contributed by atoms with Gasteiger partial charge in [-0.05, 0) is 19.3 Å². The zero-order valence-corrected chi connectivity index (χ0v) is 8.62. The molecule has 1 aliphatic rings. The zero-order valence-electron chi connectivity index (χ0n) is 8.62. The van der Waals surface area contributed by atoms with Crippen LogP contribution < -0.4 is 0 Å². The molecule has 0 amide bonds. The minimum Gasteiger partial charge on any atom is -0.393 e. The lowest BCUT2D eigenvalue weighted by atomic mass is 9.94. The number of carbonyl (C=O) groups excluding carboxylic acids is 2. The third-order valence-corrected chi connectivity index (χ3v) is 2.40. The van der Waals surface area contributed by atoms with Crippen molar-refractivity contribution >= 4 is 11.9 Å². The molecule has 1 heterocycles. The molecule has 1 fully saturated rings. The van der Waals surface area contributed by atoms with Crippen molar-refractivity contribution in [3.63, 3.8) is 0 Å². The summed E-state index contributed by atoms with van der Waals surface area (Å²) in [5, 5.41) is 0. The Labute approximate surface area is 83.6 Å². The summed E-state index contributed by atoms with van der Waals surface area (Å²) in [7, 11) is 0. The minimum atomic E-state index is -0.533. The second-order valence-electron chi connectivity index (χ2n) is 3.54. The van der Waals surface area contributed by atoms with Crippen molar-refractivity contribution < 1.29 is 19.1 Å². The van der Waals surface area contributed by atoms with Gasteiger partial charge in [0.25, 0.3) is 0 Å². The van der Waals surface area contributed by atoms with Gasteiger partial charge in [0, 0.05) is 13.5 Å². The summed E-state index contributed by atoms with van der Waals surface area (Å²) in [5.41, 5.74) is 0. The molecule has 0 N–H and O–H groups in total. The second kappa shape index (κ2) is 5.10. The molecule has 2 atom stereocenters. The van der Waals surface area contributed by atoms with Gasteiger partial charge in [-0.1, -0.05) is 6.92 Å². The summed E-state index contributed by atoms with van der Waals surface area (Å²) < 4.78 is 9.97. The molecule has 0 bridgehead atoms. The summed E-state index contributed by atoms with van der Waals surface area (Å²) in [4.78, 5) is 21.9. The summed E-state index contributed by atoms with van der Waals surface area (Å²) in [6.45, 7) is 3.84. The van der Waals surface area contributed by atoms with Crippen molar-refractivity contribution in [2.24, 2.45) is 5.92 Å². The third-order valence-electron chi connectivity index (χ3n) is 2.40. The van der Waals surface area contributed by atoms with Crippen LogP contribution in [0.3, 0.4) is 0 Å². The summed E-state index contributed by atoms with van der Waals surface area (Å²) in [5.74, 6) is -1.11. The molecule has 2 unspecified atom stereocenters. The Bertz CT molecular complexity index is 224. The number of carbonyl (C=O) groups is 2. The first-order valence-electron chi connectivity index (χ1n) is 4.97. The van der Waals surface area contributed by atoms with Crippen LogP contribution in [-0.4, -0.2) is 24.6 Å². The fourth-order valence-corrected chi connectivity index (χ4v) is 1.60. The Hall–Kier alpha value is -0.900. The predicted molar refractivity (Wildman–Crippen MR) is 49.5 cm³/mol. The number of hydrogen-bond donors (Lipinski definition) is 0. The van der Waals surface area contributed by atoms with E-state index in [2.05, 4.69) is 4.74 Å². The Morgan fingerprint density at radius 1 is 1.50 bits per heavy atom. The predicted octanol–water partition coefficient (Wildman–Crippen LogP) is 1.28. The molecule has 0 saturated carbocycles. The Morgan fingerprint density at radius 2 is 2.21 bits per heavy atom. The molecule has 0 aromatic rings. The molecule has 4 heteroatoms. The normalized spacial score (nSPS) is 27.0. The van der Waals surface area contributed by atoms with Crippen molar-refractivity contribution in [3.05, 3.63) is 0 Å². The molecule has 0 radical (unpaired) electrons. The van der Waals surface area contributed by atoms with Crippen LogP contribution in [0.25, 0.3) is 0 Å². The highest BCUT2D eigenvalue weighted by molar-refractivity contribution is 5.85. The smallest absolute Gasteiger partial charge is 0.316 e. The van der Waals surface area contributed by atoms with Crippen LogP contribution >= 0.6 is 0 Å². The molecular weight excluding hydrogens is 184 g/mol. The number of hydrogen-bond acceptors (Lipinski definition) is 4.